The number of imide groups is 1. The molecule has 7 rings (SSSR count). The Morgan fingerprint density at radius 3 is 1.97 bits per heavy atom. The van der Waals surface area contributed by atoms with Gasteiger partial charge in [-0.05, 0) is 46.5 Å². The summed E-state index contributed by atoms with van der Waals surface area (Å²) in [6.07, 6.45) is 0. The van der Waals surface area contributed by atoms with Gasteiger partial charge in [-0.15, -0.1) is 0 Å². The van der Waals surface area contributed by atoms with Crippen molar-refractivity contribution in [1.82, 2.24) is 0 Å². The molecule has 1 fully saturated rings. The molecule has 1 saturated heterocycles. The number of nitrogens with zero attached hydrogens (tertiary/aromatic N) is 2. The molecular weight excluding hydrogens is 460 g/mol. The quantitative estimate of drug-likeness (QED) is 0.339. The lowest BCUT2D eigenvalue weighted by atomic mass is 9.55. The molecule has 2 bridgehead atoms. The van der Waals surface area contributed by atoms with Crippen LogP contribution in [0.1, 0.15) is 28.2 Å². The van der Waals surface area contributed by atoms with Crippen LogP contribution in [0.15, 0.2) is 72.8 Å². The number of alkyl halides is 1. The monoisotopic (exact) mass is 475 g/mol. The Kier molecular flexibility index (Phi) is 3.78. The van der Waals surface area contributed by atoms with Gasteiger partial charge in [0.2, 0.25) is 11.8 Å². The van der Waals surface area contributed by atoms with Gasteiger partial charge >= 0.3 is 0 Å². The molecule has 154 valence electrons. The fourth-order valence-electron chi connectivity index (χ4n) is 5.66. The van der Waals surface area contributed by atoms with Crippen LogP contribution >= 0.6 is 15.9 Å². The lowest BCUT2D eigenvalue weighted by Gasteiger charge is -2.51. The largest absolute Gasteiger partial charge is 0.733 e. The molecule has 31 heavy (non-hydrogen) atoms. The molecule has 2 atom stereocenters. The molecule has 3 aromatic rings. The second-order valence-corrected chi connectivity index (χ2v) is 9.42. The van der Waals surface area contributed by atoms with Crippen molar-refractivity contribution >= 4 is 39.1 Å². The fraction of sp³-hybridized carbons (Fsp3) is 0.167. The van der Waals surface area contributed by atoms with Gasteiger partial charge in [0.1, 0.15) is 0 Å². The van der Waals surface area contributed by atoms with E-state index in [4.69, 9.17) is 5.21 Å². The molecule has 6 nitrogen and oxygen atoms in total. The van der Waals surface area contributed by atoms with Crippen molar-refractivity contribution in [2.24, 2.45) is 11.8 Å². The smallest absolute Gasteiger partial charge is 0.239 e. The van der Waals surface area contributed by atoms with Crippen molar-refractivity contribution in [3.63, 3.8) is 0 Å². The number of rotatable bonds is 2. The first kappa shape index (κ1) is 18.7. The summed E-state index contributed by atoms with van der Waals surface area (Å²) in [5, 5.41) is 20.0. The number of hydrogen-bond donors (Lipinski definition) is 1. The number of anilines is 2. The maximum atomic E-state index is 13.7. The Bertz CT molecular complexity index is 1210. The zero-order valence-electron chi connectivity index (χ0n) is 16.1. The minimum atomic E-state index is -0.794. The summed E-state index contributed by atoms with van der Waals surface area (Å²) in [6, 6.07) is 21.8. The minimum Gasteiger partial charge on any atom is -0.733 e. The van der Waals surface area contributed by atoms with Crippen LogP contribution in [0.2, 0.25) is 0 Å². The van der Waals surface area contributed by atoms with Crippen LogP contribution < -0.4 is 10.1 Å². The van der Waals surface area contributed by atoms with Crippen molar-refractivity contribution in [3.05, 3.63) is 100 Å². The van der Waals surface area contributed by atoms with Gasteiger partial charge in [-0.1, -0.05) is 64.5 Å². The highest BCUT2D eigenvalue weighted by atomic mass is 79.9. The van der Waals surface area contributed by atoms with Crippen molar-refractivity contribution in [2.75, 3.05) is 10.1 Å². The topological polar surface area (TPSA) is 83.9 Å². The van der Waals surface area contributed by atoms with Crippen molar-refractivity contribution in [3.8, 4) is 0 Å². The normalized spacial score (nSPS) is 27.7. The van der Waals surface area contributed by atoms with Gasteiger partial charge < -0.3 is 10.4 Å². The molecule has 1 heterocycles. The van der Waals surface area contributed by atoms with Gasteiger partial charge in [0, 0.05) is 5.92 Å². The van der Waals surface area contributed by atoms with Gasteiger partial charge in [-0.2, -0.15) is 0 Å². The predicted molar refractivity (Wildman–Crippen MR) is 118 cm³/mol. The summed E-state index contributed by atoms with van der Waals surface area (Å²) >= 11 is 3.96. The Morgan fingerprint density at radius 1 is 0.871 bits per heavy atom. The highest BCUT2D eigenvalue weighted by molar-refractivity contribution is 9.09. The number of benzene rings is 3. The summed E-state index contributed by atoms with van der Waals surface area (Å²) < 4.78 is -0.794. The molecule has 3 aromatic carbocycles. The average molecular weight is 476 g/mol. The molecule has 2 unspecified atom stereocenters. The molecule has 0 aromatic heterocycles. The van der Waals surface area contributed by atoms with Crippen LogP contribution in [0.4, 0.5) is 11.4 Å². The Hall–Kier alpha value is -3.00. The zero-order valence-corrected chi connectivity index (χ0v) is 17.7. The Labute approximate surface area is 186 Å². The fourth-order valence-corrected chi connectivity index (χ4v) is 6.87. The summed E-state index contributed by atoms with van der Waals surface area (Å²) in [5.41, 5.74) is 4.61. The third-order valence-corrected chi connectivity index (χ3v) is 8.19. The number of amides is 2. The number of carbonyl (C=O) groups excluding carboxylic acids is 2. The first-order valence-corrected chi connectivity index (χ1v) is 10.8. The average Bonchev–Trinajstić information content (AvgIpc) is 3.06. The van der Waals surface area contributed by atoms with E-state index in [1.165, 1.54) is 29.2 Å². The summed E-state index contributed by atoms with van der Waals surface area (Å²) in [7, 11) is 0. The second kappa shape index (κ2) is 6.26. The first-order chi connectivity index (χ1) is 14.9. The number of carbonyl (C=O) groups is 2. The number of hydrogen-bond acceptors (Lipinski definition) is 5. The van der Waals surface area contributed by atoms with Crippen LogP contribution in [-0.2, 0) is 13.9 Å². The van der Waals surface area contributed by atoms with Crippen molar-refractivity contribution < 1.29 is 14.8 Å². The predicted octanol–water partition coefficient (Wildman–Crippen LogP) is 4.28. The molecule has 7 heteroatoms. The lowest BCUT2D eigenvalue weighted by molar-refractivity contribution is -0.122. The molecule has 3 aliphatic carbocycles. The van der Waals surface area contributed by atoms with E-state index in [1.54, 1.807) is 0 Å². The molecule has 0 radical (unpaired) electrons. The van der Waals surface area contributed by atoms with Crippen LogP contribution in [0, 0.1) is 17.0 Å². The molecule has 1 N–H and O–H groups in total. The van der Waals surface area contributed by atoms with Crippen LogP contribution in [0.25, 0.3) is 0 Å². The van der Waals surface area contributed by atoms with Gasteiger partial charge in [0.25, 0.3) is 0 Å². The molecule has 0 saturated carbocycles. The van der Waals surface area contributed by atoms with Crippen LogP contribution in [-0.4, -0.2) is 17.0 Å². The molecule has 1 aliphatic heterocycles. The third-order valence-electron chi connectivity index (χ3n) is 6.84. The Morgan fingerprint density at radius 2 is 1.42 bits per heavy atom. The first-order valence-electron chi connectivity index (χ1n) is 9.96. The van der Waals surface area contributed by atoms with E-state index >= 15 is 0 Å². The number of halogens is 1. The molecular formula is C24H16BrN2O4-. The highest BCUT2D eigenvalue weighted by Gasteiger charge is 2.67. The second-order valence-electron chi connectivity index (χ2n) is 8.17. The van der Waals surface area contributed by atoms with Gasteiger partial charge in [0.05, 0.1) is 27.5 Å². The summed E-state index contributed by atoms with van der Waals surface area (Å²) in [4.78, 5) is 28.7. The zero-order chi connectivity index (χ0) is 21.5. The van der Waals surface area contributed by atoms with Crippen LogP contribution in [0.5, 0.6) is 0 Å². The minimum absolute atomic E-state index is 0.0251. The van der Waals surface area contributed by atoms with E-state index < -0.39 is 16.2 Å². The Balaban J connectivity index is 1.55. The summed E-state index contributed by atoms with van der Waals surface area (Å²) in [6.45, 7) is 0. The lowest BCUT2D eigenvalue weighted by Crippen LogP contribution is -2.50. The van der Waals surface area contributed by atoms with Gasteiger partial charge in [-0.25, -0.2) is 4.90 Å². The molecule has 0 spiro atoms. The van der Waals surface area contributed by atoms with E-state index in [9.17, 15) is 14.8 Å². The van der Waals surface area contributed by atoms with E-state index in [1.807, 2.05) is 48.5 Å². The molecule has 4 aliphatic rings. The standard InChI is InChI=1S/C24H16BrN2O4/c25-24-17-7-3-1-5-15(17)19(16-6-2-4-8-18(16)24)20-21(24)23(29)26(22(20)28)13-9-11-14(12-10-13)27(30)31/h1-12,19-21,30H/q-1. The van der Waals surface area contributed by atoms with E-state index in [-0.39, 0.29) is 28.6 Å². The maximum Gasteiger partial charge on any atom is 0.239 e. The highest BCUT2D eigenvalue weighted by Crippen LogP contribution is 2.66. The van der Waals surface area contributed by atoms with Gasteiger partial charge in [-0.3, -0.25) is 14.8 Å². The van der Waals surface area contributed by atoms with Crippen molar-refractivity contribution in [1.29, 1.82) is 0 Å². The maximum absolute atomic E-state index is 13.7. The van der Waals surface area contributed by atoms with Crippen LogP contribution in [0.3, 0.4) is 0 Å². The van der Waals surface area contributed by atoms with E-state index in [0.29, 0.717) is 5.69 Å². The molecule has 2 amide bonds. The van der Waals surface area contributed by atoms with Crippen molar-refractivity contribution in [2.45, 2.75) is 10.2 Å². The van der Waals surface area contributed by atoms with Gasteiger partial charge in [0.15, 0.2) is 0 Å². The van der Waals surface area contributed by atoms with E-state index in [2.05, 4.69) is 15.9 Å². The summed E-state index contributed by atoms with van der Waals surface area (Å²) in [5.74, 6) is -1.82. The van der Waals surface area contributed by atoms with E-state index in [0.717, 1.165) is 22.3 Å². The third kappa shape index (κ3) is 2.23. The SMILES string of the molecule is O=C1C2C3c4ccccc4C(Br)(c4ccccc43)C2C(=O)N1c1ccc(N([O-])O)cc1.